The molecule has 2 nitrogen and oxygen atoms in total. The van der Waals surface area contributed by atoms with Crippen LogP contribution in [0, 0.1) is 17.6 Å². The van der Waals surface area contributed by atoms with E-state index in [1.165, 1.54) is 6.07 Å². The van der Waals surface area contributed by atoms with Crippen molar-refractivity contribution in [2.75, 3.05) is 11.9 Å². The second-order valence-electron chi connectivity index (χ2n) is 6.06. The summed E-state index contributed by atoms with van der Waals surface area (Å²) in [6, 6.07) is 13.4. The van der Waals surface area contributed by atoms with Crippen LogP contribution < -0.4 is 10.6 Å². The van der Waals surface area contributed by atoms with Gasteiger partial charge in [-0.1, -0.05) is 31.2 Å². The third-order valence-electron chi connectivity index (χ3n) is 4.52. The first-order chi connectivity index (χ1) is 11.0. The second kappa shape index (κ2) is 6.24. The van der Waals surface area contributed by atoms with Crippen LogP contribution in [0.1, 0.15) is 18.9 Å². The van der Waals surface area contributed by atoms with E-state index in [1.807, 2.05) is 30.3 Å². The molecule has 1 saturated carbocycles. The average Bonchev–Trinajstić information content (AvgIpc) is 3.17. The van der Waals surface area contributed by atoms with Crippen molar-refractivity contribution in [1.82, 2.24) is 5.32 Å². The molecular formula is C18H18F2N2S. The molecule has 0 heterocycles. The maximum absolute atomic E-state index is 14.1. The molecule has 23 heavy (non-hydrogen) atoms. The SMILES string of the molecule is CC1CC1(CNC(=S)Nc1ccccc1)c1ccc(F)cc1F. The number of hydrogen-bond donors (Lipinski definition) is 2. The van der Waals surface area contributed by atoms with Crippen molar-refractivity contribution in [2.45, 2.75) is 18.8 Å². The Morgan fingerprint density at radius 3 is 2.52 bits per heavy atom. The first-order valence-electron chi connectivity index (χ1n) is 7.57. The summed E-state index contributed by atoms with van der Waals surface area (Å²) < 4.78 is 27.2. The van der Waals surface area contributed by atoms with Gasteiger partial charge in [0.2, 0.25) is 0 Å². The molecule has 2 atom stereocenters. The van der Waals surface area contributed by atoms with Gasteiger partial charge in [-0.25, -0.2) is 8.78 Å². The Morgan fingerprint density at radius 1 is 1.22 bits per heavy atom. The second-order valence-corrected chi connectivity index (χ2v) is 6.47. The minimum absolute atomic E-state index is 0.319. The Balaban J connectivity index is 1.67. The molecule has 0 aromatic heterocycles. The summed E-state index contributed by atoms with van der Waals surface area (Å²) in [5.74, 6) is -0.712. The lowest BCUT2D eigenvalue weighted by Gasteiger charge is -2.20. The van der Waals surface area contributed by atoms with Gasteiger partial charge in [0.15, 0.2) is 5.11 Å². The van der Waals surface area contributed by atoms with Crippen molar-refractivity contribution < 1.29 is 8.78 Å². The Bertz CT molecular complexity index is 720. The normalized spacial score (nSPS) is 22.5. The zero-order valence-electron chi connectivity index (χ0n) is 12.8. The molecular weight excluding hydrogens is 314 g/mol. The first kappa shape index (κ1) is 15.9. The van der Waals surface area contributed by atoms with Crippen LogP contribution in [-0.4, -0.2) is 11.7 Å². The van der Waals surface area contributed by atoms with Gasteiger partial charge >= 0.3 is 0 Å². The zero-order chi connectivity index (χ0) is 16.4. The van der Waals surface area contributed by atoms with Gasteiger partial charge < -0.3 is 10.6 Å². The third-order valence-corrected chi connectivity index (χ3v) is 4.76. The molecule has 1 aliphatic rings. The Morgan fingerprint density at radius 2 is 1.91 bits per heavy atom. The molecule has 2 aromatic rings. The Hall–Kier alpha value is -2.01. The first-order valence-corrected chi connectivity index (χ1v) is 7.97. The maximum Gasteiger partial charge on any atom is 0.170 e. The van der Waals surface area contributed by atoms with Crippen LogP contribution in [0.5, 0.6) is 0 Å². The van der Waals surface area contributed by atoms with Crippen molar-refractivity contribution >= 4 is 23.0 Å². The molecule has 5 heteroatoms. The summed E-state index contributed by atoms with van der Waals surface area (Å²) in [6.07, 6.45) is 0.858. The standard InChI is InChI=1S/C18H18F2N2S/c1-12-10-18(12,15-8-7-13(19)9-16(15)20)11-21-17(23)22-14-5-3-2-4-6-14/h2-9,12H,10-11H2,1H3,(H2,21,22,23). The largest absolute Gasteiger partial charge is 0.362 e. The molecule has 0 saturated heterocycles. The summed E-state index contributed by atoms with van der Waals surface area (Å²) in [5, 5.41) is 6.76. The van der Waals surface area contributed by atoms with E-state index in [9.17, 15) is 8.78 Å². The summed E-state index contributed by atoms with van der Waals surface area (Å²) in [6.45, 7) is 2.59. The fourth-order valence-corrected chi connectivity index (χ4v) is 3.22. The van der Waals surface area contributed by atoms with Crippen molar-refractivity contribution in [1.29, 1.82) is 0 Å². The molecule has 1 aliphatic carbocycles. The quantitative estimate of drug-likeness (QED) is 0.820. The molecule has 2 N–H and O–H groups in total. The monoisotopic (exact) mass is 332 g/mol. The highest BCUT2D eigenvalue weighted by atomic mass is 32.1. The van der Waals surface area contributed by atoms with Gasteiger partial charge in [-0.15, -0.1) is 0 Å². The fourth-order valence-electron chi connectivity index (χ4n) is 3.03. The van der Waals surface area contributed by atoms with Gasteiger partial charge in [0, 0.05) is 23.7 Å². The molecule has 0 radical (unpaired) electrons. The van der Waals surface area contributed by atoms with Crippen LogP contribution >= 0.6 is 12.2 Å². The van der Waals surface area contributed by atoms with E-state index in [1.54, 1.807) is 6.07 Å². The van der Waals surface area contributed by atoms with Crippen LogP contribution in [0.15, 0.2) is 48.5 Å². The molecule has 2 aromatic carbocycles. The van der Waals surface area contributed by atoms with Crippen molar-refractivity contribution in [3.63, 3.8) is 0 Å². The van der Waals surface area contributed by atoms with E-state index in [-0.39, 0.29) is 5.41 Å². The average molecular weight is 332 g/mol. The molecule has 0 aliphatic heterocycles. The zero-order valence-corrected chi connectivity index (χ0v) is 13.6. The van der Waals surface area contributed by atoms with Gasteiger partial charge in [0.1, 0.15) is 11.6 Å². The fraction of sp³-hybridized carbons (Fsp3) is 0.278. The lowest BCUT2D eigenvalue weighted by Crippen LogP contribution is -2.36. The highest BCUT2D eigenvalue weighted by Crippen LogP contribution is 2.54. The van der Waals surface area contributed by atoms with E-state index in [0.29, 0.717) is 23.1 Å². The number of nitrogens with one attached hydrogen (secondary N) is 2. The van der Waals surface area contributed by atoms with Crippen LogP contribution in [0.4, 0.5) is 14.5 Å². The van der Waals surface area contributed by atoms with Crippen LogP contribution in [-0.2, 0) is 5.41 Å². The maximum atomic E-state index is 14.1. The molecule has 3 rings (SSSR count). The topological polar surface area (TPSA) is 24.1 Å². The molecule has 1 fully saturated rings. The van der Waals surface area contributed by atoms with Crippen LogP contribution in [0.3, 0.4) is 0 Å². The predicted molar refractivity (Wildman–Crippen MR) is 92.5 cm³/mol. The van der Waals surface area contributed by atoms with Gasteiger partial charge in [0.25, 0.3) is 0 Å². The molecule has 120 valence electrons. The summed E-state index contributed by atoms with van der Waals surface area (Å²) in [5.41, 5.74) is 1.14. The smallest absolute Gasteiger partial charge is 0.170 e. The molecule has 0 bridgehead atoms. The third kappa shape index (κ3) is 3.34. The minimum atomic E-state index is -0.552. The Labute approximate surface area is 139 Å². The van der Waals surface area contributed by atoms with Crippen molar-refractivity contribution in [3.05, 3.63) is 65.7 Å². The minimum Gasteiger partial charge on any atom is -0.362 e. The number of hydrogen-bond acceptors (Lipinski definition) is 1. The molecule has 0 spiro atoms. The highest BCUT2D eigenvalue weighted by Gasteiger charge is 2.53. The van der Waals surface area contributed by atoms with Crippen LogP contribution in [0.25, 0.3) is 0 Å². The van der Waals surface area contributed by atoms with Gasteiger partial charge in [0.05, 0.1) is 0 Å². The van der Waals surface area contributed by atoms with Crippen molar-refractivity contribution in [2.24, 2.45) is 5.92 Å². The van der Waals surface area contributed by atoms with Crippen molar-refractivity contribution in [3.8, 4) is 0 Å². The number of thiocarbonyl (C=S) groups is 1. The van der Waals surface area contributed by atoms with E-state index in [0.717, 1.165) is 18.2 Å². The lowest BCUT2D eigenvalue weighted by atomic mass is 9.93. The molecule has 0 amide bonds. The molecule has 2 unspecified atom stereocenters. The summed E-state index contributed by atoms with van der Waals surface area (Å²) in [4.78, 5) is 0. The van der Waals surface area contributed by atoms with E-state index < -0.39 is 11.6 Å². The summed E-state index contributed by atoms with van der Waals surface area (Å²) >= 11 is 5.30. The number of benzene rings is 2. The predicted octanol–water partition coefficient (Wildman–Crippen LogP) is 4.23. The van der Waals surface area contributed by atoms with E-state index >= 15 is 0 Å². The van der Waals surface area contributed by atoms with Gasteiger partial charge in [-0.2, -0.15) is 0 Å². The number of para-hydroxylation sites is 1. The van der Waals surface area contributed by atoms with E-state index in [4.69, 9.17) is 12.2 Å². The van der Waals surface area contributed by atoms with Gasteiger partial charge in [-0.05, 0) is 48.3 Å². The number of halogens is 2. The lowest BCUT2D eigenvalue weighted by molar-refractivity contribution is 0.527. The summed E-state index contributed by atoms with van der Waals surface area (Å²) in [7, 11) is 0. The Kier molecular flexibility index (Phi) is 4.31. The highest BCUT2D eigenvalue weighted by molar-refractivity contribution is 7.80. The number of rotatable bonds is 4. The van der Waals surface area contributed by atoms with Gasteiger partial charge in [-0.3, -0.25) is 0 Å². The number of anilines is 1. The van der Waals surface area contributed by atoms with Crippen LogP contribution in [0.2, 0.25) is 0 Å². The van der Waals surface area contributed by atoms with E-state index in [2.05, 4.69) is 17.6 Å².